The van der Waals surface area contributed by atoms with Gasteiger partial charge in [0.15, 0.2) is 0 Å². The number of hydrogen-bond donors (Lipinski definition) is 1. The first-order valence-electron chi connectivity index (χ1n) is 3.72. The van der Waals surface area contributed by atoms with Crippen molar-refractivity contribution in [2.75, 3.05) is 0 Å². The second kappa shape index (κ2) is 4.84. The molecule has 0 spiro atoms. The third kappa shape index (κ3) is 3.24. The summed E-state index contributed by atoms with van der Waals surface area (Å²) < 4.78 is 47.9. The van der Waals surface area contributed by atoms with E-state index >= 15 is 0 Å². The average Bonchev–Trinajstić information content (AvgIpc) is 2.03. The minimum Gasteiger partial charge on any atom is -0.347 e. The summed E-state index contributed by atoms with van der Waals surface area (Å²) in [4.78, 5) is 10.6. The molecule has 80 valence electrons. The van der Waals surface area contributed by atoms with Gasteiger partial charge in [-0.2, -0.15) is 8.78 Å². The Morgan fingerprint density at radius 2 is 2.07 bits per heavy atom. The van der Waals surface area contributed by atoms with E-state index in [-0.39, 0.29) is 6.42 Å². The molecule has 2 nitrogen and oxygen atoms in total. The van der Waals surface area contributed by atoms with Crippen LogP contribution in [0.2, 0.25) is 0 Å². The molecule has 6 heteroatoms. The van der Waals surface area contributed by atoms with Gasteiger partial charge in [0.25, 0.3) is 5.91 Å². The minimum atomic E-state index is -4.66. The Morgan fingerprint density at radius 3 is 2.43 bits per heavy atom. The Bertz CT molecular complexity index is 246. The highest BCUT2D eigenvalue weighted by molar-refractivity contribution is 5.84. The Hall–Kier alpha value is -1.25. The molecule has 0 radical (unpaired) electrons. The second-order valence-electron chi connectivity index (χ2n) is 2.71. The molecular formula is C8H9F4NO. The maximum Gasteiger partial charge on any atom is 0.383 e. The van der Waals surface area contributed by atoms with Crippen molar-refractivity contribution < 1.29 is 22.4 Å². The first-order chi connectivity index (χ1) is 6.32. The van der Waals surface area contributed by atoms with Crippen LogP contribution in [0.15, 0.2) is 0 Å². The smallest absolute Gasteiger partial charge is 0.347 e. The number of hydrogen-bond acceptors (Lipinski definition) is 1. The van der Waals surface area contributed by atoms with Gasteiger partial charge in [0.05, 0.1) is 0 Å². The Balaban J connectivity index is 4.29. The number of amides is 1. The molecule has 0 rings (SSSR count). The topological polar surface area (TPSA) is 29.1 Å². The first-order valence-corrected chi connectivity index (χ1v) is 3.72. The number of nitrogens with one attached hydrogen (secondary N) is 1. The van der Waals surface area contributed by atoms with Crippen LogP contribution in [0.3, 0.4) is 0 Å². The maximum atomic E-state index is 12.3. The quantitative estimate of drug-likeness (QED) is 0.553. The Kier molecular flexibility index (Phi) is 4.41. The SMILES string of the molecule is C#CCC(C)NC(=O)C(F)(F)C(F)F. The summed E-state index contributed by atoms with van der Waals surface area (Å²) in [6.45, 7) is 1.35. The van der Waals surface area contributed by atoms with Crippen LogP contribution in [0.1, 0.15) is 13.3 Å². The summed E-state index contributed by atoms with van der Waals surface area (Å²) in [6, 6.07) is -0.753. The molecule has 1 N–H and O–H groups in total. The molecule has 0 fully saturated rings. The van der Waals surface area contributed by atoms with Crippen LogP contribution in [0, 0.1) is 12.3 Å². The van der Waals surface area contributed by atoms with E-state index < -0.39 is 24.3 Å². The normalized spacial score (nSPS) is 13.5. The van der Waals surface area contributed by atoms with Gasteiger partial charge in [0.2, 0.25) is 0 Å². The fourth-order valence-electron chi connectivity index (χ4n) is 0.647. The predicted octanol–water partition coefficient (Wildman–Crippen LogP) is 1.41. The summed E-state index contributed by atoms with van der Waals surface area (Å²) in [5.41, 5.74) is 0. The van der Waals surface area contributed by atoms with E-state index in [0.29, 0.717) is 0 Å². The number of halogens is 4. The van der Waals surface area contributed by atoms with Crippen LogP contribution in [-0.2, 0) is 4.79 Å². The van der Waals surface area contributed by atoms with E-state index in [1.165, 1.54) is 6.92 Å². The average molecular weight is 211 g/mol. The zero-order chi connectivity index (χ0) is 11.4. The number of carbonyl (C=O) groups is 1. The van der Waals surface area contributed by atoms with Gasteiger partial charge < -0.3 is 5.32 Å². The lowest BCUT2D eigenvalue weighted by atomic mass is 10.2. The van der Waals surface area contributed by atoms with Gasteiger partial charge in [-0.05, 0) is 6.92 Å². The molecule has 0 saturated heterocycles. The predicted molar refractivity (Wildman–Crippen MR) is 42.0 cm³/mol. The number of terminal acetylenes is 1. The van der Waals surface area contributed by atoms with Crippen molar-refractivity contribution in [2.24, 2.45) is 0 Å². The minimum absolute atomic E-state index is 0.00502. The summed E-state index contributed by atoms with van der Waals surface area (Å²) in [7, 11) is 0. The van der Waals surface area contributed by atoms with E-state index in [1.54, 1.807) is 5.32 Å². The van der Waals surface area contributed by atoms with Gasteiger partial charge in [-0.1, -0.05) is 0 Å². The lowest BCUT2D eigenvalue weighted by Gasteiger charge is -2.17. The van der Waals surface area contributed by atoms with Crippen LogP contribution in [0.25, 0.3) is 0 Å². The van der Waals surface area contributed by atoms with Gasteiger partial charge in [-0.25, -0.2) is 8.78 Å². The molecule has 0 aliphatic heterocycles. The van der Waals surface area contributed by atoms with E-state index in [9.17, 15) is 22.4 Å². The molecule has 0 aromatic rings. The number of rotatable bonds is 4. The summed E-state index contributed by atoms with van der Waals surface area (Å²) in [6.07, 6.45) is 0.829. The molecule has 0 saturated carbocycles. The molecule has 0 bridgehead atoms. The van der Waals surface area contributed by atoms with E-state index in [4.69, 9.17) is 6.42 Å². The van der Waals surface area contributed by atoms with Crippen LogP contribution in [-0.4, -0.2) is 24.3 Å². The molecule has 0 heterocycles. The standard InChI is InChI=1S/C8H9F4NO/c1-3-4-5(2)13-7(14)8(11,12)6(9)10/h1,5-6H,4H2,2H3,(H,13,14). The van der Waals surface area contributed by atoms with Crippen molar-refractivity contribution >= 4 is 5.91 Å². The molecule has 0 aliphatic carbocycles. The monoisotopic (exact) mass is 211 g/mol. The van der Waals surface area contributed by atoms with Crippen molar-refractivity contribution in [3.8, 4) is 12.3 Å². The lowest BCUT2D eigenvalue weighted by Crippen LogP contribution is -2.48. The first kappa shape index (κ1) is 12.8. The van der Waals surface area contributed by atoms with Gasteiger partial charge in [0, 0.05) is 12.5 Å². The highest BCUT2D eigenvalue weighted by Gasteiger charge is 2.49. The Morgan fingerprint density at radius 1 is 1.57 bits per heavy atom. The van der Waals surface area contributed by atoms with Crippen LogP contribution >= 0.6 is 0 Å². The maximum absolute atomic E-state index is 12.3. The van der Waals surface area contributed by atoms with Crippen LogP contribution in [0.4, 0.5) is 17.6 Å². The third-order valence-electron chi connectivity index (χ3n) is 1.38. The highest BCUT2D eigenvalue weighted by Crippen LogP contribution is 2.22. The largest absolute Gasteiger partial charge is 0.383 e. The zero-order valence-electron chi connectivity index (χ0n) is 7.36. The Labute approximate surface area is 78.7 Å². The summed E-state index contributed by atoms with van der Waals surface area (Å²) in [5, 5.41) is 1.69. The number of carbonyl (C=O) groups excluding carboxylic acids is 1. The van der Waals surface area contributed by atoms with Gasteiger partial charge in [-0.3, -0.25) is 4.79 Å². The summed E-state index contributed by atoms with van der Waals surface area (Å²) >= 11 is 0. The highest BCUT2D eigenvalue weighted by atomic mass is 19.3. The van der Waals surface area contributed by atoms with Crippen molar-refractivity contribution in [1.29, 1.82) is 0 Å². The lowest BCUT2D eigenvalue weighted by molar-refractivity contribution is -0.170. The zero-order valence-corrected chi connectivity index (χ0v) is 7.36. The van der Waals surface area contributed by atoms with Crippen molar-refractivity contribution in [3.05, 3.63) is 0 Å². The molecular weight excluding hydrogens is 202 g/mol. The fourth-order valence-corrected chi connectivity index (χ4v) is 0.647. The van der Waals surface area contributed by atoms with E-state index in [0.717, 1.165) is 0 Å². The van der Waals surface area contributed by atoms with Crippen molar-refractivity contribution in [1.82, 2.24) is 5.32 Å². The molecule has 1 amide bonds. The molecule has 0 aromatic carbocycles. The summed E-state index contributed by atoms with van der Waals surface area (Å²) in [5.74, 6) is -4.56. The van der Waals surface area contributed by atoms with Gasteiger partial charge in [-0.15, -0.1) is 12.3 Å². The van der Waals surface area contributed by atoms with Gasteiger partial charge in [0.1, 0.15) is 0 Å². The van der Waals surface area contributed by atoms with Crippen LogP contribution < -0.4 is 5.32 Å². The third-order valence-corrected chi connectivity index (χ3v) is 1.38. The number of alkyl halides is 4. The van der Waals surface area contributed by atoms with Gasteiger partial charge >= 0.3 is 12.3 Å². The van der Waals surface area contributed by atoms with E-state index in [2.05, 4.69) is 5.92 Å². The molecule has 14 heavy (non-hydrogen) atoms. The van der Waals surface area contributed by atoms with Crippen molar-refractivity contribution in [2.45, 2.75) is 31.7 Å². The van der Waals surface area contributed by atoms with Crippen molar-refractivity contribution in [3.63, 3.8) is 0 Å². The second-order valence-corrected chi connectivity index (χ2v) is 2.71. The van der Waals surface area contributed by atoms with Crippen LogP contribution in [0.5, 0.6) is 0 Å². The molecule has 1 unspecified atom stereocenters. The molecule has 1 atom stereocenters. The fraction of sp³-hybridized carbons (Fsp3) is 0.625. The van der Waals surface area contributed by atoms with E-state index in [1.807, 2.05) is 0 Å². The molecule has 0 aliphatic rings. The molecule has 0 aromatic heterocycles.